The number of ketones is 1. The van der Waals surface area contributed by atoms with E-state index in [-0.39, 0.29) is 18.2 Å². The maximum atomic E-state index is 14.3. The van der Waals surface area contributed by atoms with Crippen LogP contribution in [0.25, 0.3) is 0 Å². The Bertz CT molecular complexity index is 1090. The summed E-state index contributed by atoms with van der Waals surface area (Å²) >= 11 is 0. The van der Waals surface area contributed by atoms with E-state index in [9.17, 15) is 22.4 Å². The average molecular weight is 539 g/mol. The second-order valence-electron chi connectivity index (χ2n) is 10.6. The largest absolute Gasteiger partial charge is 0.312 e. The SMILES string of the molecule is Cl.O=C(C(c1ccc2c(c1)CNCC2)N1CC(F)(F)C1)C(c1ccc2c(c1)CNCC2)N1CC(F)(F)C1. The fourth-order valence-corrected chi connectivity index (χ4v) is 6.06. The number of rotatable bonds is 6. The van der Waals surface area contributed by atoms with Gasteiger partial charge in [0.25, 0.3) is 11.8 Å². The number of halogens is 5. The second-order valence-corrected chi connectivity index (χ2v) is 10.6. The van der Waals surface area contributed by atoms with E-state index in [0.29, 0.717) is 24.2 Å². The van der Waals surface area contributed by atoms with Gasteiger partial charge in [0.2, 0.25) is 0 Å². The molecule has 2 aromatic rings. The lowest BCUT2D eigenvalue weighted by molar-refractivity contribution is -0.173. The van der Waals surface area contributed by atoms with Crippen LogP contribution in [0.2, 0.25) is 0 Å². The molecule has 37 heavy (non-hydrogen) atoms. The van der Waals surface area contributed by atoms with Crippen LogP contribution in [0.3, 0.4) is 0 Å². The van der Waals surface area contributed by atoms with Gasteiger partial charge >= 0.3 is 0 Å². The minimum atomic E-state index is -2.86. The molecule has 200 valence electrons. The summed E-state index contributed by atoms with van der Waals surface area (Å²) in [5.41, 5.74) is 5.76. The van der Waals surface area contributed by atoms with Gasteiger partial charge in [-0.25, -0.2) is 17.6 Å². The highest BCUT2D eigenvalue weighted by Gasteiger charge is 2.53. The van der Waals surface area contributed by atoms with Crippen molar-refractivity contribution in [3.8, 4) is 0 Å². The van der Waals surface area contributed by atoms with Gasteiger partial charge in [0.15, 0.2) is 5.78 Å². The van der Waals surface area contributed by atoms with Gasteiger partial charge in [-0.15, -0.1) is 12.4 Å². The van der Waals surface area contributed by atoms with Crippen LogP contribution in [0.1, 0.15) is 45.5 Å². The van der Waals surface area contributed by atoms with Gasteiger partial charge in [-0.2, -0.15) is 0 Å². The number of nitrogens with zero attached hydrogens (tertiary/aromatic N) is 2. The van der Waals surface area contributed by atoms with Crippen molar-refractivity contribution in [3.05, 3.63) is 69.8 Å². The van der Waals surface area contributed by atoms with Gasteiger partial charge < -0.3 is 10.6 Å². The number of likely N-dealkylation sites (tertiary alicyclic amines) is 2. The number of hydrogen-bond donors (Lipinski definition) is 2. The number of carbonyl (C=O) groups excluding carboxylic acids is 1. The molecule has 2 N–H and O–H groups in total. The molecule has 4 aliphatic rings. The Morgan fingerprint density at radius 1 is 0.703 bits per heavy atom. The first-order valence-electron chi connectivity index (χ1n) is 12.6. The highest BCUT2D eigenvalue weighted by atomic mass is 35.5. The van der Waals surface area contributed by atoms with Crippen LogP contribution in [0, 0.1) is 0 Å². The van der Waals surface area contributed by atoms with E-state index >= 15 is 0 Å². The molecule has 0 bridgehead atoms. The maximum absolute atomic E-state index is 14.3. The van der Waals surface area contributed by atoms with E-state index in [0.717, 1.165) is 37.1 Å². The maximum Gasteiger partial charge on any atom is 0.273 e. The number of Topliss-reactive ketones (excluding diaryl/α,β-unsaturated/α-hetero) is 1. The molecular formula is C27H31ClF4N4O. The monoisotopic (exact) mass is 538 g/mol. The van der Waals surface area contributed by atoms with Crippen LogP contribution in [-0.2, 0) is 30.7 Å². The molecule has 2 fully saturated rings. The number of nitrogens with one attached hydrogen (secondary N) is 2. The summed E-state index contributed by atoms with van der Waals surface area (Å²) in [7, 11) is 0. The molecule has 0 amide bonds. The summed E-state index contributed by atoms with van der Waals surface area (Å²) < 4.78 is 55.9. The Balaban J connectivity index is 0.00000280. The number of alkyl halides is 4. The van der Waals surface area contributed by atoms with E-state index < -0.39 is 50.1 Å². The van der Waals surface area contributed by atoms with Crippen molar-refractivity contribution < 1.29 is 22.4 Å². The van der Waals surface area contributed by atoms with Gasteiger partial charge in [-0.05, 0) is 59.3 Å². The molecule has 0 radical (unpaired) electrons. The van der Waals surface area contributed by atoms with Crippen molar-refractivity contribution in [1.29, 1.82) is 0 Å². The Hall–Kier alpha value is -2.04. The van der Waals surface area contributed by atoms with Gasteiger partial charge in [0.05, 0.1) is 38.3 Å². The summed E-state index contributed by atoms with van der Waals surface area (Å²) in [6, 6.07) is 9.65. The van der Waals surface area contributed by atoms with Crippen LogP contribution in [-0.4, -0.2) is 66.7 Å². The van der Waals surface area contributed by atoms with Crippen molar-refractivity contribution in [1.82, 2.24) is 20.4 Å². The predicted octanol–water partition coefficient (Wildman–Crippen LogP) is 3.65. The molecule has 2 unspecified atom stereocenters. The topological polar surface area (TPSA) is 47.6 Å². The molecular weight excluding hydrogens is 508 g/mol. The number of benzene rings is 2. The lowest BCUT2D eigenvalue weighted by atomic mass is 9.84. The van der Waals surface area contributed by atoms with Gasteiger partial charge in [0.1, 0.15) is 0 Å². The average Bonchev–Trinajstić information content (AvgIpc) is 2.82. The van der Waals surface area contributed by atoms with Gasteiger partial charge in [-0.3, -0.25) is 14.6 Å². The van der Waals surface area contributed by atoms with Crippen molar-refractivity contribution >= 4 is 18.2 Å². The third kappa shape index (κ3) is 5.16. The molecule has 5 nitrogen and oxygen atoms in total. The molecule has 10 heteroatoms. The highest BCUT2D eigenvalue weighted by molar-refractivity contribution is 5.91. The Kier molecular flexibility index (Phi) is 7.13. The van der Waals surface area contributed by atoms with Crippen LogP contribution in [0.5, 0.6) is 0 Å². The molecule has 4 heterocycles. The summed E-state index contributed by atoms with van der Waals surface area (Å²) in [6.45, 7) is 0.966. The summed E-state index contributed by atoms with van der Waals surface area (Å²) in [5, 5.41) is 6.63. The van der Waals surface area contributed by atoms with E-state index in [4.69, 9.17) is 0 Å². The molecule has 0 aromatic heterocycles. The van der Waals surface area contributed by atoms with Crippen LogP contribution in [0.15, 0.2) is 36.4 Å². The Morgan fingerprint density at radius 2 is 1.11 bits per heavy atom. The lowest BCUT2D eigenvalue weighted by Crippen LogP contribution is -2.62. The molecule has 2 atom stereocenters. The zero-order chi connectivity index (χ0) is 25.1. The van der Waals surface area contributed by atoms with E-state index in [2.05, 4.69) is 10.6 Å². The highest BCUT2D eigenvalue weighted by Crippen LogP contribution is 2.42. The summed E-state index contributed by atoms with van der Waals surface area (Å²) in [5.74, 6) is -6.04. The molecule has 0 spiro atoms. The lowest BCUT2D eigenvalue weighted by Gasteiger charge is -2.48. The molecule has 0 aliphatic carbocycles. The molecule has 2 aromatic carbocycles. The molecule has 6 rings (SSSR count). The van der Waals surface area contributed by atoms with Crippen molar-refractivity contribution in [2.24, 2.45) is 0 Å². The molecule has 0 saturated carbocycles. The minimum absolute atomic E-state index is 0. The normalized spacial score (nSPS) is 23.9. The number of carbonyl (C=O) groups is 1. The fourth-order valence-electron chi connectivity index (χ4n) is 6.06. The van der Waals surface area contributed by atoms with Crippen molar-refractivity contribution in [2.45, 2.75) is 49.9 Å². The summed E-state index contributed by atoms with van der Waals surface area (Å²) in [6.07, 6.45) is 1.73. The molecule has 2 saturated heterocycles. The first-order valence-corrected chi connectivity index (χ1v) is 12.6. The summed E-state index contributed by atoms with van der Waals surface area (Å²) in [4.78, 5) is 17.2. The zero-order valence-corrected chi connectivity index (χ0v) is 21.2. The fraction of sp³-hybridized carbons (Fsp3) is 0.519. The van der Waals surface area contributed by atoms with Gasteiger partial charge in [-0.1, -0.05) is 36.4 Å². The zero-order valence-electron chi connectivity index (χ0n) is 20.4. The van der Waals surface area contributed by atoms with Crippen molar-refractivity contribution in [2.75, 3.05) is 39.3 Å². The first kappa shape index (κ1) is 26.6. The minimum Gasteiger partial charge on any atom is -0.312 e. The van der Waals surface area contributed by atoms with E-state index in [1.807, 2.05) is 36.4 Å². The predicted molar refractivity (Wildman–Crippen MR) is 134 cm³/mol. The van der Waals surface area contributed by atoms with Gasteiger partial charge in [0, 0.05) is 13.1 Å². The van der Waals surface area contributed by atoms with Crippen LogP contribution >= 0.6 is 12.4 Å². The Morgan fingerprint density at radius 3 is 1.49 bits per heavy atom. The smallest absolute Gasteiger partial charge is 0.273 e. The van der Waals surface area contributed by atoms with Crippen LogP contribution < -0.4 is 10.6 Å². The Labute approximate surface area is 220 Å². The van der Waals surface area contributed by atoms with Crippen molar-refractivity contribution in [3.63, 3.8) is 0 Å². The molecule has 4 aliphatic heterocycles. The third-order valence-corrected chi connectivity index (χ3v) is 7.87. The van der Waals surface area contributed by atoms with Crippen LogP contribution in [0.4, 0.5) is 17.6 Å². The first-order chi connectivity index (χ1) is 17.2. The van der Waals surface area contributed by atoms with E-state index in [1.54, 1.807) is 0 Å². The standard InChI is InChI=1S/C27H30F4N4O.ClH/c28-26(29)13-34(14-26)23(19-3-1-17-5-7-32-11-21(17)9-19)25(36)24(35-15-27(30,31)16-35)20-4-2-18-6-8-33-12-22(18)10-20;/h1-4,9-10,23-24,32-33H,5-8,11-16H2;1H. The quantitative estimate of drug-likeness (QED) is 0.550. The third-order valence-electron chi connectivity index (χ3n) is 7.87. The second kappa shape index (κ2) is 9.93. The van der Waals surface area contributed by atoms with E-state index in [1.165, 1.54) is 20.9 Å². The number of hydrogen-bond acceptors (Lipinski definition) is 5. The number of fused-ring (bicyclic) bond motifs is 2.